The quantitative estimate of drug-likeness (QED) is 0.876. The minimum atomic E-state index is 0.0705. The Morgan fingerprint density at radius 3 is 2.58 bits per heavy atom. The fourth-order valence-electron chi connectivity index (χ4n) is 2.86. The number of halogens is 1. The van der Waals surface area contributed by atoms with Crippen LogP contribution in [0, 0.1) is 11.3 Å². The third-order valence-electron chi connectivity index (χ3n) is 4.23. The molecule has 2 N–H and O–H groups in total. The highest BCUT2D eigenvalue weighted by molar-refractivity contribution is 9.10. The molecule has 1 fully saturated rings. The van der Waals surface area contributed by atoms with Gasteiger partial charge in [-0.1, -0.05) is 36.7 Å². The van der Waals surface area contributed by atoms with Crippen molar-refractivity contribution in [2.45, 2.75) is 40.2 Å². The molecule has 2 rings (SSSR count). The number of hydrogen-bond acceptors (Lipinski definition) is 2. The molecule has 1 aliphatic heterocycles. The summed E-state index contributed by atoms with van der Waals surface area (Å²) in [7, 11) is 0. The molecule has 3 heteroatoms. The van der Waals surface area contributed by atoms with Gasteiger partial charge in [-0.2, -0.15) is 0 Å². The molecule has 106 valence electrons. The van der Waals surface area contributed by atoms with E-state index in [1.165, 1.54) is 17.7 Å². The molecule has 2 nitrogen and oxygen atoms in total. The SMILES string of the molecule is CC(N)c1cc(Br)ccc1N1CCC(C(C)(C)C)C1. The van der Waals surface area contributed by atoms with Gasteiger partial charge in [0.05, 0.1) is 0 Å². The maximum atomic E-state index is 6.12. The Bertz CT molecular complexity index is 449. The molecule has 0 aliphatic carbocycles. The van der Waals surface area contributed by atoms with E-state index in [2.05, 4.69) is 66.7 Å². The van der Waals surface area contributed by atoms with Gasteiger partial charge in [0, 0.05) is 29.3 Å². The Labute approximate surface area is 125 Å². The molecule has 1 aromatic carbocycles. The molecule has 0 aromatic heterocycles. The summed E-state index contributed by atoms with van der Waals surface area (Å²) in [4.78, 5) is 2.50. The standard InChI is InChI=1S/C16H25BrN2/c1-11(18)14-9-13(17)5-6-15(14)19-8-7-12(10-19)16(2,3)4/h5-6,9,11-12H,7-8,10,18H2,1-4H3. The highest BCUT2D eigenvalue weighted by Crippen LogP contribution is 2.38. The lowest BCUT2D eigenvalue weighted by atomic mass is 9.80. The minimum Gasteiger partial charge on any atom is -0.371 e. The summed E-state index contributed by atoms with van der Waals surface area (Å²) in [6.45, 7) is 11.4. The van der Waals surface area contributed by atoms with Crippen LogP contribution in [0.25, 0.3) is 0 Å². The normalized spacial score (nSPS) is 21.8. The lowest BCUT2D eigenvalue weighted by molar-refractivity contribution is 0.263. The van der Waals surface area contributed by atoms with E-state index < -0.39 is 0 Å². The predicted octanol–water partition coefficient (Wildman–Crippen LogP) is 4.34. The number of benzene rings is 1. The first-order valence-electron chi connectivity index (χ1n) is 7.09. The van der Waals surface area contributed by atoms with Crippen molar-refractivity contribution in [2.24, 2.45) is 17.1 Å². The van der Waals surface area contributed by atoms with E-state index in [9.17, 15) is 0 Å². The number of rotatable bonds is 2. The predicted molar refractivity (Wildman–Crippen MR) is 86.5 cm³/mol. The first kappa shape index (κ1) is 14.9. The van der Waals surface area contributed by atoms with Crippen molar-refractivity contribution in [3.63, 3.8) is 0 Å². The molecule has 0 bridgehead atoms. The molecule has 19 heavy (non-hydrogen) atoms. The average molecular weight is 325 g/mol. The van der Waals surface area contributed by atoms with Gasteiger partial charge in [0.2, 0.25) is 0 Å². The van der Waals surface area contributed by atoms with Crippen molar-refractivity contribution in [3.05, 3.63) is 28.2 Å². The third-order valence-corrected chi connectivity index (χ3v) is 4.73. The fraction of sp³-hybridized carbons (Fsp3) is 0.625. The summed E-state index contributed by atoms with van der Waals surface area (Å²) in [5, 5.41) is 0. The van der Waals surface area contributed by atoms with E-state index in [4.69, 9.17) is 5.73 Å². The molecule has 2 unspecified atom stereocenters. The van der Waals surface area contributed by atoms with Gasteiger partial charge in [-0.05, 0) is 48.4 Å². The Kier molecular flexibility index (Phi) is 4.26. The van der Waals surface area contributed by atoms with Gasteiger partial charge in [-0.3, -0.25) is 0 Å². The monoisotopic (exact) mass is 324 g/mol. The first-order valence-corrected chi connectivity index (χ1v) is 7.88. The number of nitrogens with two attached hydrogens (primary N) is 1. The van der Waals surface area contributed by atoms with Crippen LogP contribution in [-0.2, 0) is 0 Å². The van der Waals surface area contributed by atoms with Gasteiger partial charge in [0.15, 0.2) is 0 Å². The average Bonchev–Trinajstić information content (AvgIpc) is 2.77. The van der Waals surface area contributed by atoms with Crippen molar-refractivity contribution in [1.29, 1.82) is 0 Å². The summed E-state index contributed by atoms with van der Waals surface area (Å²) < 4.78 is 1.11. The van der Waals surface area contributed by atoms with Gasteiger partial charge in [0.25, 0.3) is 0 Å². The second-order valence-corrected chi connectivity index (χ2v) is 7.71. The van der Waals surface area contributed by atoms with Crippen molar-refractivity contribution >= 4 is 21.6 Å². The summed E-state index contributed by atoms with van der Waals surface area (Å²) in [5.74, 6) is 0.761. The summed E-state index contributed by atoms with van der Waals surface area (Å²) >= 11 is 3.54. The van der Waals surface area contributed by atoms with Crippen LogP contribution in [0.5, 0.6) is 0 Å². The molecular formula is C16H25BrN2. The minimum absolute atomic E-state index is 0.0705. The van der Waals surface area contributed by atoms with Crippen LogP contribution >= 0.6 is 15.9 Å². The topological polar surface area (TPSA) is 29.3 Å². The lowest BCUT2D eigenvalue weighted by Crippen LogP contribution is -2.27. The molecule has 1 aliphatic rings. The number of anilines is 1. The number of hydrogen-bond donors (Lipinski definition) is 1. The van der Waals surface area contributed by atoms with Gasteiger partial charge in [-0.25, -0.2) is 0 Å². The van der Waals surface area contributed by atoms with Gasteiger partial charge in [-0.15, -0.1) is 0 Å². The van der Waals surface area contributed by atoms with E-state index in [0.717, 1.165) is 23.5 Å². The highest BCUT2D eigenvalue weighted by atomic mass is 79.9. The molecule has 0 radical (unpaired) electrons. The van der Waals surface area contributed by atoms with Crippen LogP contribution in [0.2, 0.25) is 0 Å². The molecule has 1 heterocycles. The smallest absolute Gasteiger partial charge is 0.0415 e. The molecule has 1 aromatic rings. The lowest BCUT2D eigenvalue weighted by Gasteiger charge is -2.28. The Balaban J connectivity index is 2.24. The van der Waals surface area contributed by atoms with Crippen LogP contribution < -0.4 is 10.6 Å². The van der Waals surface area contributed by atoms with E-state index in [1.807, 2.05) is 0 Å². The number of nitrogens with zero attached hydrogens (tertiary/aromatic N) is 1. The van der Waals surface area contributed by atoms with Crippen LogP contribution in [0.15, 0.2) is 22.7 Å². The largest absolute Gasteiger partial charge is 0.371 e. The zero-order valence-electron chi connectivity index (χ0n) is 12.4. The van der Waals surface area contributed by atoms with Crippen LogP contribution in [0.4, 0.5) is 5.69 Å². The van der Waals surface area contributed by atoms with Crippen molar-refractivity contribution < 1.29 is 0 Å². The van der Waals surface area contributed by atoms with E-state index in [0.29, 0.717) is 5.41 Å². The zero-order chi connectivity index (χ0) is 14.2. The maximum absolute atomic E-state index is 6.12. The van der Waals surface area contributed by atoms with E-state index >= 15 is 0 Å². The van der Waals surface area contributed by atoms with Crippen LogP contribution in [-0.4, -0.2) is 13.1 Å². The second kappa shape index (κ2) is 5.45. The fourth-order valence-corrected chi connectivity index (χ4v) is 3.24. The zero-order valence-corrected chi connectivity index (χ0v) is 14.0. The highest BCUT2D eigenvalue weighted by Gasteiger charge is 2.32. The van der Waals surface area contributed by atoms with Crippen LogP contribution in [0.3, 0.4) is 0 Å². The molecule has 2 atom stereocenters. The van der Waals surface area contributed by atoms with Crippen molar-refractivity contribution in [3.8, 4) is 0 Å². The van der Waals surface area contributed by atoms with Gasteiger partial charge in [0.1, 0.15) is 0 Å². The molecule has 1 saturated heterocycles. The Hall–Kier alpha value is -0.540. The Morgan fingerprint density at radius 2 is 2.05 bits per heavy atom. The van der Waals surface area contributed by atoms with Crippen molar-refractivity contribution in [1.82, 2.24) is 0 Å². The second-order valence-electron chi connectivity index (χ2n) is 6.79. The molecule has 0 saturated carbocycles. The summed E-state index contributed by atoms with van der Waals surface area (Å²) in [6, 6.07) is 6.55. The van der Waals surface area contributed by atoms with Crippen LogP contribution in [0.1, 0.15) is 45.7 Å². The Morgan fingerprint density at radius 1 is 1.37 bits per heavy atom. The summed E-state index contributed by atoms with van der Waals surface area (Å²) in [5.41, 5.74) is 9.06. The maximum Gasteiger partial charge on any atom is 0.0415 e. The van der Waals surface area contributed by atoms with Crippen molar-refractivity contribution in [2.75, 3.05) is 18.0 Å². The summed E-state index contributed by atoms with van der Waals surface area (Å²) in [6.07, 6.45) is 1.28. The van der Waals surface area contributed by atoms with E-state index in [-0.39, 0.29) is 6.04 Å². The van der Waals surface area contributed by atoms with E-state index in [1.54, 1.807) is 0 Å². The van der Waals surface area contributed by atoms with Gasteiger partial charge < -0.3 is 10.6 Å². The van der Waals surface area contributed by atoms with Gasteiger partial charge >= 0.3 is 0 Å². The molecule has 0 spiro atoms. The first-order chi connectivity index (χ1) is 8.79. The molecular weight excluding hydrogens is 300 g/mol. The third kappa shape index (κ3) is 3.32. The molecule has 0 amide bonds.